The number of nitrogens with one attached hydrogen (secondary N) is 3. The highest BCUT2D eigenvalue weighted by molar-refractivity contribution is 8.18. The minimum atomic E-state index is -0.478. The smallest absolute Gasteiger partial charge is 0.290 e. The van der Waals surface area contributed by atoms with Gasteiger partial charge in [-0.05, 0) is 30.0 Å². The molecule has 1 aromatic carbocycles. The fourth-order valence-corrected chi connectivity index (χ4v) is 3.16. The molecule has 10 nitrogen and oxygen atoms in total. The molecule has 2 heterocycles. The van der Waals surface area contributed by atoms with Crippen LogP contribution in [0, 0.1) is 0 Å². The van der Waals surface area contributed by atoms with E-state index in [-0.39, 0.29) is 29.2 Å². The first-order valence-electron chi connectivity index (χ1n) is 9.38. The SMILES string of the molecule is COCCOc1cc(C=C2SC(=O)NC2=O)nc(NCCNC(=O)c2ccccc2)n1. The van der Waals surface area contributed by atoms with Gasteiger partial charge in [0, 0.05) is 31.8 Å². The Morgan fingerprint density at radius 2 is 1.97 bits per heavy atom. The van der Waals surface area contributed by atoms with Crippen LogP contribution in [0.1, 0.15) is 16.1 Å². The highest BCUT2D eigenvalue weighted by atomic mass is 32.2. The average Bonchev–Trinajstić information content (AvgIpc) is 3.08. The van der Waals surface area contributed by atoms with Gasteiger partial charge in [-0.15, -0.1) is 0 Å². The molecule has 11 heteroatoms. The third kappa shape index (κ3) is 6.79. The fourth-order valence-electron chi connectivity index (χ4n) is 2.50. The Hall–Kier alpha value is -3.44. The number of carbonyl (C=O) groups excluding carboxylic acids is 3. The van der Waals surface area contributed by atoms with Crippen LogP contribution in [0.4, 0.5) is 10.7 Å². The fraction of sp³-hybridized carbons (Fsp3) is 0.250. The largest absolute Gasteiger partial charge is 0.475 e. The molecule has 0 aliphatic carbocycles. The van der Waals surface area contributed by atoms with E-state index < -0.39 is 11.1 Å². The number of nitrogens with zero attached hydrogens (tertiary/aromatic N) is 2. The highest BCUT2D eigenvalue weighted by Gasteiger charge is 2.25. The number of thioether (sulfide) groups is 1. The zero-order chi connectivity index (χ0) is 22.1. The summed E-state index contributed by atoms with van der Waals surface area (Å²) in [6, 6.07) is 10.4. The predicted molar refractivity (Wildman–Crippen MR) is 116 cm³/mol. The van der Waals surface area contributed by atoms with Gasteiger partial charge in [-0.1, -0.05) is 18.2 Å². The summed E-state index contributed by atoms with van der Waals surface area (Å²) in [5, 5.41) is 7.57. The normalized spacial score (nSPS) is 14.4. The van der Waals surface area contributed by atoms with E-state index in [9.17, 15) is 14.4 Å². The maximum Gasteiger partial charge on any atom is 0.290 e. The summed E-state index contributed by atoms with van der Waals surface area (Å²) in [6.07, 6.45) is 1.48. The monoisotopic (exact) mass is 443 g/mol. The number of hydrogen-bond donors (Lipinski definition) is 3. The lowest BCUT2D eigenvalue weighted by Crippen LogP contribution is -2.29. The zero-order valence-electron chi connectivity index (χ0n) is 16.7. The molecule has 0 unspecified atom stereocenters. The van der Waals surface area contributed by atoms with Crippen molar-refractivity contribution in [1.29, 1.82) is 0 Å². The number of carbonyl (C=O) groups is 3. The Balaban J connectivity index is 1.64. The van der Waals surface area contributed by atoms with Crippen LogP contribution < -0.4 is 20.7 Å². The van der Waals surface area contributed by atoms with Crippen LogP contribution in [0.15, 0.2) is 41.3 Å². The van der Waals surface area contributed by atoms with Crippen LogP contribution in [0.5, 0.6) is 5.88 Å². The summed E-state index contributed by atoms with van der Waals surface area (Å²) in [5.41, 5.74) is 0.966. The number of anilines is 1. The first-order chi connectivity index (χ1) is 15.0. The summed E-state index contributed by atoms with van der Waals surface area (Å²) in [7, 11) is 1.56. The molecule has 0 atom stereocenters. The van der Waals surface area contributed by atoms with Crippen molar-refractivity contribution < 1.29 is 23.9 Å². The van der Waals surface area contributed by atoms with Gasteiger partial charge in [0.1, 0.15) is 6.61 Å². The van der Waals surface area contributed by atoms with Crippen LogP contribution in [-0.4, -0.2) is 60.4 Å². The lowest BCUT2D eigenvalue weighted by Gasteiger charge is -2.10. The first kappa shape index (κ1) is 22.2. The number of hydrogen-bond acceptors (Lipinski definition) is 9. The van der Waals surface area contributed by atoms with Crippen LogP contribution in [-0.2, 0) is 9.53 Å². The van der Waals surface area contributed by atoms with Crippen molar-refractivity contribution in [2.45, 2.75) is 0 Å². The molecule has 3 amide bonds. The molecule has 1 aromatic heterocycles. The number of ether oxygens (including phenoxy) is 2. The van der Waals surface area contributed by atoms with E-state index in [1.54, 1.807) is 37.4 Å². The van der Waals surface area contributed by atoms with Crippen molar-refractivity contribution in [2.24, 2.45) is 0 Å². The van der Waals surface area contributed by atoms with E-state index in [2.05, 4.69) is 25.9 Å². The molecule has 1 aliphatic rings. The van der Waals surface area contributed by atoms with Gasteiger partial charge in [0.25, 0.3) is 17.1 Å². The molecule has 3 rings (SSSR count). The molecule has 1 fully saturated rings. The maximum atomic E-state index is 12.1. The van der Waals surface area contributed by atoms with Crippen LogP contribution in [0.2, 0.25) is 0 Å². The third-order valence-electron chi connectivity index (χ3n) is 3.91. The molecule has 0 spiro atoms. The summed E-state index contributed by atoms with van der Waals surface area (Å²) < 4.78 is 10.5. The van der Waals surface area contributed by atoms with Gasteiger partial charge in [-0.2, -0.15) is 4.98 Å². The van der Waals surface area contributed by atoms with E-state index >= 15 is 0 Å². The highest BCUT2D eigenvalue weighted by Crippen LogP contribution is 2.26. The molecule has 1 saturated heterocycles. The van der Waals surface area contributed by atoms with Crippen molar-refractivity contribution >= 4 is 40.8 Å². The summed E-state index contributed by atoms with van der Waals surface area (Å²) >= 11 is 0.797. The van der Waals surface area contributed by atoms with E-state index in [0.29, 0.717) is 31.0 Å². The minimum Gasteiger partial charge on any atom is -0.475 e. The Bertz CT molecular complexity index is 983. The second-order valence-corrected chi connectivity index (χ2v) is 7.21. The average molecular weight is 443 g/mol. The lowest BCUT2D eigenvalue weighted by atomic mass is 10.2. The van der Waals surface area contributed by atoms with Gasteiger partial charge in [0.05, 0.1) is 17.2 Å². The van der Waals surface area contributed by atoms with Gasteiger partial charge in [0.15, 0.2) is 0 Å². The number of aromatic nitrogens is 2. The summed E-state index contributed by atoms with van der Waals surface area (Å²) in [6.45, 7) is 1.37. The Morgan fingerprint density at radius 3 is 2.68 bits per heavy atom. The Labute approximate surface area is 182 Å². The van der Waals surface area contributed by atoms with E-state index in [1.807, 2.05) is 6.07 Å². The lowest BCUT2D eigenvalue weighted by molar-refractivity contribution is -0.115. The summed E-state index contributed by atoms with van der Waals surface area (Å²) in [5.74, 6) is -0.122. The van der Waals surface area contributed by atoms with Crippen molar-refractivity contribution in [1.82, 2.24) is 20.6 Å². The minimum absolute atomic E-state index is 0.181. The molecule has 31 heavy (non-hydrogen) atoms. The number of rotatable bonds is 10. The predicted octanol–water partition coefficient (Wildman–Crippen LogP) is 1.67. The van der Waals surface area contributed by atoms with E-state index in [0.717, 1.165) is 11.8 Å². The van der Waals surface area contributed by atoms with Gasteiger partial charge < -0.3 is 20.1 Å². The molecule has 3 N–H and O–H groups in total. The van der Waals surface area contributed by atoms with Crippen LogP contribution in [0.3, 0.4) is 0 Å². The first-order valence-corrected chi connectivity index (χ1v) is 10.2. The van der Waals surface area contributed by atoms with Crippen LogP contribution in [0.25, 0.3) is 6.08 Å². The van der Waals surface area contributed by atoms with Crippen molar-refractivity contribution in [3.63, 3.8) is 0 Å². The van der Waals surface area contributed by atoms with Crippen molar-refractivity contribution in [3.8, 4) is 5.88 Å². The molecule has 0 bridgehead atoms. The topological polar surface area (TPSA) is 132 Å². The van der Waals surface area contributed by atoms with Crippen LogP contribution >= 0.6 is 11.8 Å². The number of imide groups is 1. The third-order valence-corrected chi connectivity index (χ3v) is 4.72. The maximum absolute atomic E-state index is 12.1. The van der Waals surface area contributed by atoms with E-state index in [1.165, 1.54) is 6.08 Å². The molecular weight excluding hydrogens is 422 g/mol. The molecular formula is C20H21N5O5S. The van der Waals surface area contributed by atoms with Gasteiger partial charge in [-0.3, -0.25) is 19.7 Å². The number of methoxy groups -OCH3 is 1. The van der Waals surface area contributed by atoms with Gasteiger partial charge >= 0.3 is 0 Å². The zero-order valence-corrected chi connectivity index (χ0v) is 17.5. The standard InChI is InChI=1S/C20H21N5O5S/c1-29-9-10-30-16-12-14(11-15-18(27)25-20(28)31-15)23-19(24-16)22-8-7-21-17(26)13-5-3-2-4-6-13/h2-6,11-12H,7-10H2,1H3,(H,21,26)(H,22,23,24)(H,25,27,28). The quantitative estimate of drug-likeness (QED) is 0.370. The number of amides is 3. The Kier molecular flexibility index (Phi) is 7.96. The molecule has 0 radical (unpaired) electrons. The van der Waals surface area contributed by atoms with Crippen molar-refractivity contribution in [2.75, 3.05) is 38.7 Å². The molecule has 0 saturated carbocycles. The van der Waals surface area contributed by atoms with Crippen molar-refractivity contribution in [3.05, 3.63) is 52.6 Å². The molecule has 1 aliphatic heterocycles. The number of benzene rings is 1. The molecule has 2 aromatic rings. The second-order valence-electron chi connectivity index (χ2n) is 6.20. The molecule has 162 valence electrons. The van der Waals surface area contributed by atoms with E-state index in [4.69, 9.17) is 9.47 Å². The second kappa shape index (κ2) is 11.1. The van der Waals surface area contributed by atoms with Gasteiger partial charge in [0.2, 0.25) is 11.8 Å². The summed E-state index contributed by atoms with van der Waals surface area (Å²) in [4.78, 5) is 44.1. The Morgan fingerprint density at radius 1 is 1.16 bits per heavy atom. The van der Waals surface area contributed by atoms with Gasteiger partial charge in [-0.25, -0.2) is 4.98 Å².